The van der Waals surface area contributed by atoms with Gasteiger partial charge >= 0.3 is 5.97 Å². The van der Waals surface area contributed by atoms with E-state index < -0.39 is 5.97 Å². The third kappa shape index (κ3) is 4.96. The summed E-state index contributed by atoms with van der Waals surface area (Å²) in [6.45, 7) is 4.96. The molecular weight excluding hydrogens is 364 g/mol. The van der Waals surface area contributed by atoms with Crippen molar-refractivity contribution < 1.29 is 19.4 Å². The highest BCUT2D eigenvalue weighted by molar-refractivity contribution is 5.97. The van der Waals surface area contributed by atoms with E-state index in [0.717, 1.165) is 34.6 Å². The minimum absolute atomic E-state index is 0.270. The van der Waals surface area contributed by atoms with Crippen LogP contribution in [0.3, 0.4) is 0 Å². The van der Waals surface area contributed by atoms with Crippen molar-refractivity contribution in [2.24, 2.45) is 5.92 Å². The van der Waals surface area contributed by atoms with Gasteiger partial charge in [0.15, 0.2) is 0 Å². The van der Waals surface area contributed by atoms with Gasteiger partial charge in [0.05, 0.1) is 19.3 Å². The highest BCUT2D eigenvalue weighted by Gasteiger charge is 2.14. The molecule has 150 valence electrons. The number of hydrogen-bond donors (Lipinski definition) is 1. The zero-order valence-electron chi connectivity index (χ0n) is 17.0. The zero-order chi connectivity index (χ0) is 20.8. The molecule has 0 saturated carbocycles. The van der Waals surface area contributed by atoms with Gasteiger partial charge in [-0.05, 0) is 58.5 Å². The summed E-state index contributed by atoms with van der Waals surface area (Å²) < 4.78 is 11.0. The fourth-order valence-electron chi connectivity index (χ4n) is 3.02. The van der Waals surface area contributed by atoms with Gasteiger partial charge < -0.3 is 14.6 Å². The normalized spacial score (nSPS) is 11.7. The minimum atomic E-state index is -0.951. The van der Waals surface area contributed by atoms with Gasteiger partial charge in [0.25, 0.3) is 0 Å². The first-order valence-electron chi connectivity index (χ1n) is 9.76. The molecule has 0 unspecified atom stereocenters. The van der Waals surface area contributed by atoms with E-state index in [9.17, 15) is 9.90 Å². The number of rotatable bonds is 8. The first-order chi connectivity index (χ1) is 14.0. The van der Waals surface area contributed by atoms with Crippen LogP contribution in [0.1, 0.15) is 30.6 Å². The maximum Gasteiger partial charge on any atom is 0.336 e. The molecule has 0 spiro atoms. The molecule has 0 aromatic heterocycles. The van der Waals surface area contributed by atoms with Gasteiger partial charge in [-0.2, -0.15) is 0 Å². The second kappa shape index (κ2) is 9.28. The quantitative estimate of drug-likeness (QED) is 0.501. The van der Waals surface area contributed by atoms with Gasteiger partial charge in [-0.3, -0.25) is 0 Å². The van der Waals surface area contributed by atoms with Crippen molar-refractivity contribution in [3.8, 4) is 33.8 Å². The number of aromatic carboxylic acids is 1. The van der Waals surface area contributed by atoms with Crippen LogP contribution in [0.15, 0.2) is 66.7 Å². The van der Waals surface area contributed by atoms with Crippen molar-refractivity contribution in [2.45, 2.75) is 20.3 Å². The Morgan fingerprint density at radius 1 is 0.897 bits per heavy atom. The molecule has 0 bridgehead atoms. The van der Waals surface area contributed by atoms with Crippen LogP contribution >= 0.6 is 0 Å². The molecule has 0 saturated heterocycles. The Bertz CT molecular complexity index is 959. The van der Waals surface area contributed by atoms with Gasteiger partial charge in [-0.1, -0.05) is 56.7 Å². The predicted molar refractivity (Wildman–Crippen MR) is 116 cm³/mol. The van der Waals surface area contributed by atoms with Gasteiger partial charge in [0.1, 0.15) is 11.5 Å². The van der Waals surface area contributed by atoms with E-state index in [1.165, 1.54) is 0 Å². The SMILES string of the molecule is CC[C@H](C)COc1ccc(-c2ccc(-c3ccc(OC)cc3)cc2C(=O)O)cc1. The lowest BCUT2D eigenvalue weighted by Crippen LogP contribution is -2.07. The highest BCUT2D eigenvalue weighted by atomic mass is 16.5. The van der Waals surface area contributed by atoms with Gasteiger partial charge in [0, 0.05) is 0 Å². The molecule has 4 nitrogen and oxygen atoms in total. The van der Waals surface area contributed by atoms with Gasteiger partial charge in [-0.15, -0.1) is 0 Å². The Labute approximate surface area is 171 Å². The predicted octanol–water partition coefficient (Wildman–Crippen LogP) is 6.15. The Morgan fingerprint density at radius 2 is 1.48 bits per heavy atom. The molecule has 0 radical (unpaired) electrons. The Kier molecular flexibility index (Phi) is 6.55. The van der Waals surface area contributed by atoms with E-state index in [1.54, 1.807) is 13.2 Å². The van der Waals surface area contributed by atoms with E-state index in [2.05, 4.69) is 13.8 Å². The van der Waals surface area contributed by atoms with Gasteiger partial charge in [-0.25, -0.2) is 4.79 Å². The summed E-state index contributed by atoms with van der Waals surface area (Å²) in [5.41, 5.74) is 3.59. The number of benzene rings is 3. The van der Waals surface area contributed by atoms with Crippen molar-refractivity contribution in [3.05, 3.63) is 72.3 Å². The largest absolute Gasteiger partial charge is 0.497 e. The molecule has 3 rings (SSSR count). The molecule has 3 aromatic carbocycles. The molecule has 0 aliphatic heterocycles. The van der Waals surface area contributed by atoms with Crippen LogP contribution < -0.4 is 9.47 Å². The van der Waals surface area contributed by atoms with Crippen LogP contribution in [0.5, 0.6) is 11.5 Å². The maximum atomic E-state index is 11.9. The number of carboxylic acid groups (broad SMARTS) is 1. The fourth-order valence-corrected chi connectivity index (χ4v) is 3.02. The van der Waals surface area contributed by atoms with E-state index in [0.29, 0.717) is 18.1 Å². The van der Waals surface area contributed by atoms with Crippen molar-refractivity contribution in [1.29, 1.82) is 0 Å². The van der Waals surface area contributed by atoms with E-state index in [4.69, 9.17) is 9.47 Å². The number of methoxy groups -OCH3 is 1. The summed E-state index contributed by atoms with van der Waals surface area (Å²) in [5.74, 6) is 1.10. The monoisotopic (exact) mass is 390 g/mol. The lowest BCUT2D eigenvalue weighted by atomic mass is 9.95. The molecule has 3 aromatic rings. The third-order valence-corrected chi connectivity index (χ3v) is 5.07. The fraction of sp³-hybridized carbons (Fsp3) is 0.240. The van der Waals surface area contributed by atoms with Gasteiger partial charge in [0.2, 0.25) is 0 Å². The van der Waals surface area contributed by atoms with Crippen molar-refractivity contribution in [3.63, 3.8) is 0 Å². The van der Waals surface area contributed by atoms with E-state index in [-0.39, 0.29) is 5.56 Å². The Morgan fingerprint density at radius 3 is 2.07 bits per heavy atom. The molecule has 29 heavy (non-hydrogen) atoms. The standard InChI is InChI=1S/C25H26O4/c1-4-17(2)16-29-22-12-7-19(8-13-22)23-14-9-20(15-24(23)25(26)27)18-5-10-21(28-3)11-6-18/h5-15,17H,4,16H2,1-3H3,(H,26,27)/t17-/m0/s1. The summed E-state index contributed by atoms with van der Waals surface area (Å²) in [7, 11) is 1.62. The van der Waals surface area contributed by atoms with Crippen LogP contribution in [0, 0.1) is 5.92 Å². The van der Waals surface area contributed by atoms with Crippen LogP contribution in [0.2, 0.25) is 0 Å². The van der Waals surface area contributed by atoms with Crippen molar-refractivity contribution >= 4 is 5.97 Å². The molecule has 0 fully saturated rings. The Hall–Kier alpha value is -3.27. The van der Waals surface area contributed by atoms with E-state index in [1.807, 2.05) is 60.7 Å². The smallest absolute Gasteiger partial charge is 0.336 e. The highest BCUT2D eigenvalue weighted by Crippen LogP contribution is 2.31. The average Bonchev–Trinajstić information content (AvgIpc) is 2.77. The minimum Gasteiger partial charge on any atom is -0.497 e. The van der Waals surface area contributed by atoms with Crippen molar-refractivity contribution in [1.82, 2.24) is 0 Å². The lowest BCUT2D eigenvalue weighted by Gasteiger charge is -2.13. The summed E-state index contributed by atoms with van der Waals surface area (Å²) in [6, 6.07) is 20.7. The first-order valence-corrected chi connectivity index (χ1v) is 9.76. The molecule has 1 atom stereocenters. The van der Waals surface area contributed by atoms with Crippen LogP contribution in [-0.4, -0.2) is 24.8 Å². The summed E-state index contributed by atoms with van der Waals surface area (Å²) in [4.78, 5) is 11.9. The van der Waals surface area contributed by atoms with Crippen molar-refractivity contribution in [2.75, 3.05) is 13.7 Å². The second-order valence-electron chi connectivity index (χ2n) is 7.14. The maximum absolute atomic E-state index is 11.9. The zero-order valence-corrected chi connectivity index (χ0v) is 17.0. The summed E-state index contributed by atoms with van der Waals surface area (Å²) in [5, 5.41) is 9.76. The topological polar surface area (TPSA) is 55.8 Å². The second-order valence-corrected chi connectivity index (χ2v) is 7.14. The van der Waals surface area contributed by atoms with Crippen LogP contribution in [0.25, 0.3) is 22.3 Å². The summed E-state index contributed by atoms with van der Waals surface area (Å²) >= 11 is 0. The number of hydrogen-bond acceptors (Lipinski definition) is 3. The number of carboxylic acids is 1. The summed E-state index contributed by atoms with van der Waals surface area (Å²) in [6.07, 6.45) is 1.07. The third-order valence-electron chi connectivity index (χ3n) is 5.07. The molecular formula is C25H26O4. The molecule has 1 N–H and O–H groups in total. The molecule has 0 heterocycles. The van der Waals surface area contributed by atoms with Crippen LogP contribution in [0.4, 0.5) is 0 Å². The first kappa shape index (κ1) is 20.5. The Balaban J connectivity index is 1.88. The van der Waals surface area contributed by atoms with E-state index >= 15 is 0 Å². The average molecular weight is 390 g/mol. The lowest BCUT2D eigenvalue weighted by molar-refractivity contribution is 0.0698. The molecule has 4 heteroatoms. The van der Waals surface area contributed by atoms with Crippen LogP contribution in [-0.2, 0) is 0 Å². The molecule has 0 aliphatic rings. The number of ether oxygens (including phenoxy) is 2. The molecule has 0 amide bonds. The number of carbonyl (C=O) groups is 1. The molecule has 0 aliphatic carbocycles.